The van der Waals surface area contributed by atoms with Gasteiger partial charge in [-0.2, -0.15) is 0 Å². The smallest absolute Gasteiger partial charge is 0.143 e. The average molecular weight is 606 g/mol. The first-order valence-corrected chi connectivity index (χ1v) is 16.5. The van der Waals surface area contributed by atoms with E-state index in [1.807, 2.05) is 12.1 Å². The van der Waals surface area contributed by atoms with E-state index < -0.39 is 0 Å². The quantitative estimate of drug-likeness (QED) is 0.194. The van der Waals surface area contributed by atoms with Gasteiger partial charge >= 0.3 is 0 Å². The lowest BCUT2D eigenvalue weighted by Gasteiger charge is -2.34. The summed E-state index contributed by atoms with van der Waals surface area (Å²) in [5.74, 6) is 0.759. The molecule has 6 aromatic carbocycles. The van der Waals surface area contributed by atoms with Crippen molar-refractivity contribution in [1.29, 1.82) is 0 Å². The summed E-state index contributed by atoms with van der Waals surface area (Å²) in [7, 11) is 0. The van der Waals surface area contributed by atoms with Gasteiger partial charge < -0.3 is 9.32 Å². The maximum Gasteiger partial charge on any atom is 0.143 e. The van der Waals surface area contributed by atoms with Crippen LogP contribution in [0.25, 0.3) is 44.2 Å². The highest BCUT2D eigenvalue weighted by atomic mass is 16.3. The van der Waals surface area contributed by atoms with Crippen molar-refractivity contribution in [2.24, 2.45) is 5.92 Å². The predicted octanol–water partition coefficient (Wildman–Crippen LogP) is 12.2. The molecule has 2 atom stereocenters. The number of furan rings is 1. The zero-order chi connectivity index (χ0) is 31.5. The first-order chi connectivity index (χ1) is 23.1. The number of anilines is 2. The standard InChI is InChI=1S/C45H35NO/c1-45(2)41-17-8-6-13-37(41)38-28-27-35(29-42(38)45)46(33-23-19-31(20-24-33)30-11-4-3-5-12-30)34-25-21-32(22-26-34)36-15-10-16-40-39-14-7-9-18-43(39)47-44(36)40/h3-29,38,42H,1-2H3. The lowest BCUT2D eigenvalue weighted by molar-refractivity contribution is 0.392. The van der Waals surface area contributed by atoms with E-state index in [9.17, 15) is 0 Å². The van der Waals surface area contributed by atoms with Gasteiger partial charge in [-0.15, -0.1) is 0 Å². The second kappa shape index (κ2) is 10.7. The third kappa shape index (κ3) is 4.47. The Bertz CT molecular complexity index is 2320. The zero-order valence-corrected chi connectivity index (χ0v) is 26.6. The van der Waals surface area contributed by atoms with Crippen molar-refractivity contribution in [3.8, 4) is 22.3 Å². The molecule has 0 amide bonds. The summed E-state index contributed by atoms with van der Waals surface area (Å²) in [4.78, 5) is 2.41. The Morgan fingerprint density at radius 3 is 2.00 bits per heavy atom. The number of benzene rings is 6. The van der Waals surface area contributed by atoms with Crippen molar-refractivity contribution < 1.29 is 4.42 Å². The molecule has 1 heterocycles. The summed E-state index contributed by atoms with van der Waals surface area (Å²) in [6.07, 6.45) is 7.27. The molecule has 47 heavy (non-hydrogen) atoms. The van der Waals surface area contributed by atoms with Crippen LogP contribution in [0, 0.1) is 5.92 Å². The normalized spacial score (nSPS) is 17.8. The minimum Gasteiger partial charge on any atom is -0.455 e. The van der Waals surface area contributed by atoms with Crippen LogP contribution >= 0.6 is 0 Å². The molecule has 0 aliphatic heterocycles. The SMILES string of the molecule is CC1(C)c2ccccc2C2C=CC(N(c3ccc(-c4ccccc4)cc3)c3ccc(-c4cccc5c4oc4ccccc45)cc3)=CC21. The molecule has 2 heteroatoms. The van der Waals surface area contributed by atoms with E-state index in [0.29, 0.717) is 11.8 Å². The predicted molar refractivity (Wildman–Crippen MR) is 196 cm³/mol. The van der Waals surface area contributed by atoms with Crippen molar-refractivity contribution in [2.75, 3.05) is 4.90 Å². The zero-order valence-electron chi connectivity index (χ0n) is 26.6. The van der Waals surface area contributed by atoms with Crippen LogP contribution < -0.4 is 4.90 Å². The molecule has 7 aromatic rings. The molecule has 0 N–H and O–H groups in total. The summed E-state index contributed by atoms with van der Waals surface area (Å²) < 4.78 is 6.39. The Balaban J connectivity index is 1.14. The third-order valence-corrected chi connectivity index (χ3v) is 10.4. The topological polar surface area (TPSA) is 16.4 Å². The van der Waals surface area contributed by atoms with Gasteiger partial charge in [0.2, 0.25) is 0 Å². The number of nitrogens with zero attached hydrogens (tertiary/aromatic N) is 1. The molecule has 2 nitrogen and oxygen atoms in total. The first-order valence-electron chi connectivity index (χ1n) is 16.5. The van der Waals surface area contributed by atoms with E-state index >= 15 is 0 Å². The van der Waals surface area contributed by atoms with Gasteiger partial charge in [0.15, 0.2) is 0 Å². The fourth-order valence-corrected chi connectivity index (χ4v) is 7.97. The van der Waals surface area contributed by atoms with E-state index in [-0.39, 0.29) is 5.41 Å². The summed E-state index contributed by atoms with van der Waals surface area (Å²) in [5, 5.41) is 2.30. The van der Waals surface area contributed by atoms with Crippen LogP contribution in [-0.2, 0) is 5.41 Å². The van der Waals surface area contributed by atoms with Gasteiger partial charge in [-0.3, -0.25) is 0 Å². The van der Waals surface area contributed by atoms with Crippen molar-refractivity contribution in [1.82, 2.24) is 0 Å². The number of hydrogen-bond acceptors (Lipinski definition) is 2. The Hall–Kier alpha value is -5.60. The van der Waals surface area contributed by atoms with Gasteiger partial charge in [-0.25, -0.2) is 0 Å². The van der Waals surface area contributed by atoms with Crippen molar-refractivity contribution in [2.45, 2.75) is 25.2 Å². The van der Waals surface area contributed by atoms with E-state index in [0.717, 1.165) is 44.4 Å². The fraction of sp³-hybridized carbons (Fsp3) is 0.111. The number of allylic oxidation sites excluding steroid dienone is 3. The largest absolute Gasteiger partial charge is 0.455 e. The summed E-state index contributed by atoms with van der Waals surface area (Å²) in [5.41, 5.74) is 12.9. The molecule has 226 valence electrons. The van der Waals surface area contributed by atoms with Crippen molar-refractivity contribution >= 4 is 33.3 Å². The molecular weight excluding hydrogens is 571 g/mol. The molecule has 2 unspecified atom stereocenters. The summed E-state index contributed by atoms with van der Waals surface area (Å²) in [6.45, 7) is 4.80. The van der Waals surface area contributed by atoms with Crippen molar-refractivity contribution in [3.05, 3.63) is 181 Å². The third-order valence-electron chi connectivity index (χ3n) is 10.4. The van der Waals surface area contributed by atoms with Crippen molar-refractivity contribution in [3.63, 3.8) is 0 Å². The van der Waals surface area contributed by atoms with Crippen LogP contribution in [-0.4, -0.2) is 0 Å². The summed E-state index contributed by atoms with van der Waals surface area (Å²) >= 11 is 0. The maximum absolute atomic E-state index is 6.39. The number of rotatable bonds is 5. The molecule has 0 saturated heterocycles. The highest BCUT2D eigenvalue weighted by Gasteiger charge is 2.45. The molecule has 2 aliphatic rings. The van der Waals surface area contributed by atoms with Crippen LogP contribution in [0.5, 0.6) is 0 Å². The Morgan fingerprint density at radius 2 is 1.21 bits per heavy atom. The molecule has 0 fully saturated rings. The highest BCUT2D eigenvalue weighted by molar-refractivity contribution is 6.09. The molecule has 0 saturated carbocycles. The van der Waals surface area contributed by atoms with Crippen LogP contribution in [0.4, 0.5) is 11.4 Å². The van der Waals surface area contributed by atoms with Gasteiger partial charge in [-0.05, 0) is 75.6 Å². The lowest BCUT2D eigenvalue weighted by atomic mass is 9.74. The molecule has 2 aliphatic carbocycles. The molecular formula is C45H35NO. The van der Waals surface area contributed by atoms with Gasteiger partial charge in [0.25, 0.3) is 0 Å². The number of para-hydroxylation sites is 2. The van der Waals surface area contributed by atoms with E-state index in [1.54, 1.807) is 0 Å². The van der Waals surface area contributed by atoms with Crippen LogP contribution in [0.15, 0.2) is 174 Å². The minimum absolute atomic E-state index is 0.0369. The second-order valence-corrected chi connectivity index (χ2v) is 13.4. The van der Waals surface area contributed by atoms with Crippen LogP contribution in [0.2, 0.25) is 0 Å². The lowest BCUT2D eigenvalue weighted by Crippen LogP contribution is -2.28. The van der Waals surface area contributed by atoms with E-state index in [1.165, 1.54) is 28.0 Å². The Kier molecular flexibility index (Phi) is 6.33. The molecule has 1 aromatic heterocycles. The number of hydrogen-bond donors (Lipinski definition) is 0. The van der Waals surface area contributed by atoms with Gasteiger partial charge in [-0.1, -0.05) is 141 Å². The van der Waals surface area contributed by atoms with Gasteiger partial charge in [0, 0.05) is 39.3 Å². The molecule has 9 rings (SSSR count). The van der Waals surface area contributed by atoms with Crippen LogP contribution in [0.3, 0.4) is 0 Å². The monoisotopic (exact) mass is 605 g/mol. The van der Waals surface area contributed by atoms with Gasteiger partial charge in [0.1, 0.15) is 11.2 Å². The molecule has 0 radical (unpaired) electrons. The minimum atomic E-state index is 0.0369. The van der Waals surface area contributed by atoms with Gasteiger partial charge in [0.05, 0.1) is 0 Å². The maximum atomic E-state index is 6.39. The molecule has 0 spiro atoms. The van der Waals surface area contributed by atoms with E-state index in [4.69, 9.17) is 4.42 Å². The van der Waals surface area contributed by atoms with Crippen LogP contribution in [0.1, 0.15) is 30.9 Å². The van der Waals surface area contributed by atoms with E-state index in [2.05, 4.69) is 170 Å². The second-order valence-electron chi connectivity index (χ2n) is 13.4. The fourth-order valence-electron chi connectivity index (χ4n) is 7.97. The molecule has 0 bridgehead atoms. The Morgan fingerprint density at radius 1 is 0.574 bits per heavy atom. The first kappa shape index (κ1) is 27.7. The summed E-state index contributed by atoms with van der Waals surface area (Å²) in [6, 6.07) is 52.2. The number of fused-ring (bicyclic) bond motifs is 6. The highest BCUT2D eigenvalue weighted by Crippen LogP contribution is 2.54. The Labute approximate surface area is 275 Å². The average Bonchev–Trinajstić information content (AvgIpc) is 3.62.